The van der Waals surface area contributed by atoms with Gasteiger partial charge in [-0.15, -0.1) is 0 Å². The van der Waals surface area contributed by atoms with Gasteiger partial charge in [-0.3, -0.25) is 9.59 Å². The molecule has 3 rings (SSSR count). The zero-order chi connectivity index (χ0) is 16.2. The van der Waals surface area contributed by atoms with Crippen molar-refractivity contribution in [1.29, 1.82) is 0 Å². The predicted octanol–water partition coefficient (Wildman–Crippen LogP) is 0.0127. The minimum atomic E-state index is -0.243. The van der Waals surface area contributed by atoms with Gasteiger partial charge in [-0.25, -0.2) is 4.98 Å². The van der Waals surface area contributed by atoms with Gasteiger partial charge in [-0.2, -0.15) is 0 Å². The molecule has 0 radical (unpaired) electrons. The van der Waals surface area contributed by atoms with Crippen LogP contribution in [0.1, 0.15) is 12.0 Å². The van der Waals surface area contributed by atoms with E-state index in [1.54, 1.807) is 18.1 Å². The molecular weight excluding hydrogens is 296 g/mol. The molecule has 0 spiro atoms. The van der Waals surface area contributed by atoms with Gasteiger partial charge in [0.2, 0.25) is 11.8 Å². The van der Waals surface area contributed by atoms with Gasteiger partial charge in [0.15, 0.2) is 0 Å². The van der Waals surface area contributed by atoms with Crippen molar-refractivity contribution >= 4 is 17.6 Å². The fourth-order valence-corrected chi connectivity index (χ4v) is 2.87. The summed E-state index contributed by atoms with van der Waals surface area (Å²) in [5.74, 6) is 0.654. The van der Waals surface area contributed by atoms with Gasteiger partial charge in [-0.05, 0) is 11.6 Å². The number of nitrogens with one attached hydrogen (secondary N) is 1. The molecule has 1 aromatic heterocycles. The highest BCUT2D eigenvalue weighted by Gasteiger charge is 2.31. The number of hydrogen-bond donors (Lipinski definition) is 1. The van der Waals surface area contributed by atoms with Crippen molar-refractivity contribution in [3.8, 4) is 0 Å². The van der Waals surface area contributed by atoms with Crippen molar-refractivity contribution in [1.82, 2.24) is 15.2 Å². The number of ether oxygens (including phenoxy) is 1. The molecule has 2 saturated heterocycles. The van der Waals surface area contributed by atoms with E-state index in [0.717, 1.165) is 37.7 Å². The molecule has 1 atom stereocenters. The summed E-state index contributed by atoms with van der Waals surface area (Å²) in [6.45, 7) is 4.10. The van der Waals surface area contributed by atoms with Crippen LogP contribution < -0.4 is 10.2 Å². The highest BCUT2D eigenvalue weighted by molar-refractivity contribution is 5.89. The second-order valence-electron chi connectivity index (χ2n) is 6.02. The lowest BCUT2D eigenvalue weighted by molar-refractivity contribution is -0.128. The zero-order valence-corrected chi connectivity index (χ0v) is 13.3. The Hall–Kier alpha value is -2.15. The number of morpholine rings is 1. The van der Waals surface area contributed by atoms with Crippen molar-refractivity contribution in [2.75, 3.05) is 44.8 Å². The van der Waals surface area contributed by atoms with Gasteiger partial charge >= 0.3 is 0 Å². The number of rotatable bonds is 4. The van der Waals surface area contributed by atoms with Crippen molar-refractivity contribution in [2.45, 2.75) is 13.0 Å². The molecule has 2 amide bonds. The molecule has 0 bridgehead atoms. The van der Waals surface area contributed by atoms with Crippen molar-refractivity contribution in [2.24, 2.45) is 5.92 Å². The lowest BCUT2D eigenvalue weighted by Crippen LogP contribution is -2.36. The Kier molecular flexibility index (Phi) is 4.76. The number of amides is 2. The molecule has 0 aromatic carbocycles. The summed E-state index contributed by atoms with van der Waals surface area (Å²) < 4.78 is 5.33. The normalized spacial score (nSPS) is 21.6. The average Bonchev–Trinajstić information content (AvgIpc) is 2.93. The highest BCUT2D eigenvalue weighted by Crippen LogP contribution is 2.16. The van der Waals surface area contributed by atoms with E-state index in [1.807, 2.05) is 12.1 Å². The molecule has 7 heteroatoms. The first-order chi connectivity index (χ1) is 11.1. The fourth-order valence-electron chi connectivity index (χ4n) is 2.87. The van der Waals surface area contributed by atoms with Crippen LogP contribution in [0.3, 0.4) is 0 Å². The number of anilines is 1. The summed E-state index contributed by atoms with van der Waals surface area (Å²) in [6.07, 6.45) is 2.09. The van der Waals surface area contributed by atoms with Crippen LogP contribution in [0.5, 0.6) is 0 Å². The standard InChI is InChI=1S/C16H22N4O3/c1-19-11-13(8-15(19)21)16(22)18-10-12-2-3-14(17-9-12)20-4-6-23-7-5-20/h2-3,9,13H,4-8,10-11H2,1H3,(H,18,22). The van der Waals surface area contributed by atoms with Crippen LogP contribution in [0.15, 0.2) is 18.3 Å². The average molecular weight is 318 g/mol. The topological polar surface area (TPSA) is 74.8 Å². The van der Waals surface area contributed by atoms with E-state index in [-0.39, 0.29) is 17.7 Å². The Labute approximate surface area is 135 Å². The van der Waals surface area contributed by atoms with Gasteiger partial charge in [-0.1, -0.05) is 6.07 Å². The Balaban J connectivity index is 1.50. The third-order valence-corrected chi connectivity index (χ3v) is 4.32. The molecule has 1 aromatic rings. The first-order valence-corrected chi connectivity index (χ1v) is 7.93. The van der Waals surface area contributed by atoms with E-state index >= 15 is 0 Å². The third kappa shape index (κ3) is 3.79. The second-order valence-corrected chi connectivity index (χ2v) is 6.02. The zero-order valence-electron chi connectivity index (χ0n) is 13.3. The molecule has 7 nitrogen and oxygen atoms in total. The van der Waals surface area contributed by atoms with E-state index in [1.165, 1.54) is 0 Å². The summed E-state index contributed by atoms with van der Waals surface area (Å²) in [5, 5.41) is 2.89. The lowest BCUT2D eigenvalue weighted by Gasteiger charge is -2.27. The maximum atomic E-state index is 12.1. The number of carbonyl (C=O) groups excluding carboxylic acids is 2. The van der Waals surface area contributed by atoms with Gasteiger partial charge < -0.3 is 19.9 Å². The van der Waals surface area contributed by atoms with Crippen LogP contribution in [0.25, 0.3) is 0 Å². The van der Waals surface area contributed by atoms with Crippen LogP contribution >= 0.6 is 0 Å². The quantitative estimate of drug-likeness (QED) is 0.847. The second kappa shape index (κ2) is 6.95. The van der Waals surface area contributed by atoms with Crippen molar-refractivity contribution in [3.63, 3.8) is 0 Å². The molecule has 3 heterocycles. The summed E-state index contributed by atoms with van der Waals surface area (Å²) >= 11 is 0. The Morgan fingerprint density at radius 1 is 1.39 bits per heavy atom. The number of aromatic nitrogens is 1. The third-order valence-electron chi connectivity index (χ3n) is 4.32. The number of carbonyl (C=O) groups is 2. The van der Waals surface area contributed by atoms with Crippen LogP contribution in [0.2, 0.25) is 0 Å². The molecule has 0 aliphatic carbocycles. The van der Waals surface area contributed by atoms with E-state index in [0.29, 0.717) is 19.5 Å². The van der Waals surface area contributed by atoms with Gasteiger partial charge in [0, 0.05) is 45.8 Å². The van der Waals surface area contributed by atoms with Crippen LogP contribution in [-0.2, 0) is 20.9 Å². The molecule has 124 valence electrons. The number of likely N-dealkylation sites (tertiary alicyclic amines) is 1. The maximum absolute atomic E-state index is 12.1. The largest absolute Gasteiger partial charge is 0.378 e. The van der Waals surface area contributed by atoms with Gasteiger partial charge in [0.1, 0.15) is 5.82 Å². The summed E-state index contributed by atoms with van der Waals surface area (Å²) in [6, 6.07) is 3.95. The van der Waals surface area contributed by atoms with Crippen LogP contribution in [0, 0.1) is 5.92 Å². The minimum absolute atomic E-state index is 0.0293. The Bertz CT molecular complexity index is 569. The molecule has 2 fully saturated rings. The molecule has 2 aliphatic rings. The predicted molar refractivity (Wildman–Crippen MR) is 84.9 cm³/mol. The smallest absolute Gasteiger partial charge is 0.225 e. The van der Waals surface area contributed by atoms with E-state index in [4.69, 9.17) is 4.74 Å². The SMILES string of the molecule is CN1CC(C(=O)NCc2ccc(N3CCOCC3)nc2)CC1=O. The van der Waals surface area contributed by atoms with E-state index in [2.05, 4.69) is 15.2 Å². The fraction of sp³-hybridized carbons (Fsp3) is 0.562. The minimum Gasteiger partial charge on any atom is -0.378 e. The molecule has 23 heavy (non-hydrogen) atoms. The van der Waals surface area contributed by atoms with E-state index in [9.17, 15) is 9.59 Å². The van der Waals surface area contributed by atoms with Gasteiger partial charge in [0.05, 0.1) is 19.1 Å². The summed E-state index contributed by atoms with van der Waals surface area (Å²) in [5.41, 5.74) is 0.952. The molecule has 0 saturated carbocycles. The molecular formula is C16H22N4O3. The van der Waals surface area contributed by atoms with E-state index < -0.39 is 0 Å². The summed E-state index contributed by atoms with van der Waals surface area (Å²) in [7, 11) is 1.73. The highest BCUT2D eigenvalue weighted by atomic mass is 16.5. The Morgan fingerprint density at radius 2 is 2.17 bits per heavy atom. The van der Waals surface area contributed by atoms with Crippen LogP contribution in [-0.4, -0.2) is 61.6 Å². The van der Waals surface area contributed by atoms with Crippen LogP contribution in [0.4, 0.5) is 5.82 Å². The lowest BCUT2D eigenvalue weighted by atomic mass is 10.1. The number of pyridine rings is 1. The first kappa shape index (κ1) is 15.7. The monoisotopic (exact) mass is 318 g/mol. The van der Waals surface area contributed by atoms with Crippen molar-refractivity contribution < 1.29 is 14.3 Å². The van der Waals surface area contributed by atoms with Crippen molar-refractivity contribution in [3.05, 3.63) is 23.9 Å². The maximum Gasteiger partial charge on any atom is 0.225 e. The Morgan fingerprint density at radius 3 is 2.78 bits per heavy atom. The number of nitrogens with zero attached hydrogens (tertiary/aromatic N) is 3. The summed E-state index contributed by atoms with van der Waals surface area (Å²) in [4.78, 5) is 31.8. The first-order valence-electron chi connectivity index (χ1n) is 7.93. The molecule has 2 aliphatic heterocycles. The molecule has 1 N–H and O–H groups in total. The van der Waals surface area contributed by atoms with Gasteiger partial charge in [0.25, 0.3) is 0 Å². The number of hydrogen-bond acceptors (Lipinski definition) is 5. The molecule has 1 unspecified atom stereocenters.